The van der Waals surface area contributed by atoms with Crippen LogP contribution in [0.15, 0.2) is 29.1 Å². The molecule has 2 unspecified atom stereocenters. The summed E-state index contributed by atoms with van der Waals surface area (Å²) in [5.41, 5.74) is 2.38. The minimum Gasteiger partial charge on any atom is -0.415 e. The zero-order valence-corrected chi connectivity index (χ0v) is 17.7. The highest BCUT2D eigenvalue weighted by Gasteiger charge is 2.41. The van der Waals surface area contributed by atoms with Gasteiger partial charge in [-0.1, -0.05) is 19.1 Å². The molecule has 2 atom stereocenters. The van der Waals surface area contributed by atoms with Crippen molar-refractivity contribution in [3.05, 3.63) is 39.5 Å². The van der Waals surface area contributed by atoms with E-state index in [2.05, 4.69) is 26.3 Å². The summed E-state index contributed by atoms with van der Waals surface area (Å²) in [4.78, 5) is 28.4. The van der Waals surface area contributed by atoms with Crippen molar-refractivity contribution in [1.29, 1.82) is 0 Å². The standard InChI is InChI=1S/C21H26NO3PS/c1-2-18(23)25-19-11-14-12-22(10-9-17(14)27-19)20(21(24)13-7-8-13)15-5-3-4-6-16(15)26/h5-6,11,13,20H,2-4,7-10,12,26H2,1H3. The molecule has 1 saturated carbocycles. The van der Waals surface area contributed by atoms with Gasteiger partial charge in [0.05, 0.1) is 6.04 Å². The fourth-order valence-corrected chi connectivity index (χ4v) is 5.36. The summed E-state index contributed by atoms with van der Waals surface area (Å²) in [7, 11) is 2.83. The number of hydrogen-bond donors (Lipinski definition) is 0. The first-order chi connectivity index (χ1) is 13.1. The molecule has 0 amide bonds. The van der Waals surface area contributed by atoms with Crippen molar-refractivity contribution in [2.24, 2.45) is 5.92 Å². The molecule has 1 aromatic heterocycles. The van der Waals surface area contributed by atoms with Crippen molar-refractivity contribution in [2.75, 3.05) is 6.54 Å². The molecule has 144 valence electrons. The van der Waals surface area contributed by atoms with Gasteiger partial charge in [-0.05, 0) is 54.6 Å². The van der Waals surface area contributed by atoms with Gasteiger partial charge >= 0.3 is 5.97 Å². The summed E-state index contributed by atoms with van der Waals surface area (Å²) in [5, 5.41) is 1.86. The molecule has 2 aliphatic carbocycles. The molecule has 3 aliphatic rings. The number of nitrogens with zero attached hydrogens (tertiary/aromatic N) is 1. The predicted molar refractivity (Wildman–Crippen MR) is 111 cm³/mol. The van der Waals surface area contributed by atoms with E-state index in [4.69, 9.17) is 4.74 Å². The molecule has 4 nitrogen and oxygen atoms in total. The van der Waals surface area contributed by atoms with Crippen LogP contribution in [0, 0.1) is 5.92 Å². The molecule has 1 fully saturated rings. The molecule has 1 aliphatic heterocycles. The maximum Gasteiger partial charge on any atom is 0.311 e. The van der Waals surface area contributed by atoms with Crippen molar-refractivity contribution in [2.45, 2.75) is 58.0 Å². The SMILES string of the molecule is CCC(=O)Oc1cc2c(s1)CCN(C(C(=O)C1CC1)C1=CCCC=C1P)C2. The Hall–Kier alpha value is -1.29. The lowest BCUT2D eigenvalue weighted by Crippen LogP contribution is -2.45. The van der Waals surface area contributed by atoms with Crippen LogP contribution in [0.3, 0.4) is 0 Å². The third kappa shape index (κ3) is 4.11. The zero-order chi connectivity index (χ0) is 19.0. The number of carbonyl (C=O) groups excluding carboxylic acids is 2. The van der Waals surface area contributed by atoms with Gasteiger partial charge in [-0.2, -0.15) is 0 Å². The first kappa shape index (κ1) is 19.0. The summed E-state index contributed by atoms with van der Waals surface area (Å²) >= 11 is 1.57. The number of carbonyl (C=O) groups is 2. The van der Waals surface area contributed by atoms with Gasteiger partial charge in [0.15, 0.2) is 10.8 Å². The number of fused-ring (bicyclic) bond motifs is 1. The first-order valence-corrected chi connectivity index (χ1v) is 11.2. The third-order valence-corrected chi connectivity index (χ3v) is 7.20. The Kier molecular flexibility index (Phi) is 5.63. The van der Waals surface area contributed by atoms with E-state index in [9.17, 15) is 9.59 Å². The predicted octanol–water partition coefficient (Wildman–Crippen LogP) is 4.25. The highest BCUT2D eigenvalue weighted by atomic mass is 32.1. The smallest absolute Gasteiger partial charge is 0.311 e. The Labute approximate surface area is 166 Å². The molecule has 0 aromatic carbocycles. The van der Waals surface area contributed by atoms with E-state index in [0.717, 1.165) is 45.2 Å². The van der Waals surface area contributed by atoms with Gasteiger partial charge in [0, 0.05) is 30.3 Å². The molecule has 0 bridgehead atoms. The Bertz CT molecular complexity index is 821. The second-order valence-electron chi connectivity index (χ2n) is 7.54. The van der Waals surface area contributed by atoms with Crippen LogP contribution in [0.2, 0.25) is 0 Å². The summed E-state index contributed by atoms with van der Waals surface area (Å²) in [5.74, 6) is 0.422. The topological polar surface area (TPSA) is 46.6 Å². The van der Waals surface area contributed by atoms with E-state index in [1.165, 1.54) is 21.3 Å². The zero-order valence-electron chi connectivity index (χ0n) is 15.7. The van der Waals surface area contributed by atoms with Crippen molar-refractivity contribution in [1.82, 2.24) is 4.90 Å². The van der Waals surface area contributed by atoms with Gasteiger partial charge < -0.3 is 4.74 Å². The van der Waals surface area contributed by atoms with Crippen molar-refractivity contribution >= 4 is 32.3 Å². The molecule has 0 N–H and O–H groups in total. The summed E-state index contributed by atoms with van der Waals surface area (Å²) in [6.45, 7) is 3.42. The van der Waals surface area contributed by atoms with Crippen LogP contribution in [-0.2, 0) is 22.6 Å². The molecule has 0 radical (unpaired) electrons. The molecule has 0 saturated heterocycles. The van der Waals surface area contributed by atoms with Crippen LogP contribution in [0.25, 0.3) is 0 Å². The van der Waals surface area contributed by atoms with Crippen LogP contribution >= 0.6 is 20.6 Å². The Morgan fingerprint density at radius 3 is 2.81 bits per heavy atom. The number of thiophene rings is 1. The fraction of sp³-hybridized carbons (Fsp3) is 0.524. The van der Waals surface area contributed by atoms with E-state index in [0.29, 0.717) is 17.3 Å². The maximum atomic E-state index is 13.2. The van der Waals surface area contributed by atoms with Gasteiger partial charge in [-0.25, -0.2) is 0 Å². The normalized spacial score (nSPS) is 21.1. The van der Waals surface area contributed by atoms with Gasteiger partial charge in [0.25, 0.3) is 0 Å². The van der Waals surface area contributed by atoms with Gasteiger partial charge in [0.2, 0.25) is 0 Å². The van der Waals surface area contributed by atoms with Crippen molar-refractivity contribution in [3.63, 3.8) is 0 Å². The minimum atomic E-state index is -0.197. The Morgan fingerprint density at radius 1 is 1.33 bits per heavy atom. The van der Waals surface area contributed by atoms with Crippen LogP contribution in [0.1, 0.15) is 49.5 Å². The van der Waals surface area contributed by atoms with Crippen molar-refractivity contribution in [3.8, 4) is 5.06 Å². The third-order valence-electron chi connectivity index (χ3n) is 5.51. The lowest BCUT2D eigenvalue weighted by Gasteiger charge is -2.36. The van der Waals surface area contributed by atoms with Crippen LogP contribution in [0.5, 0.6) is 5.06 Å². The van der Waals surface area contributed by atoms with Gasteiger partial charge in [-0.15, -0.1) is 20.6 Å². The summed E-state index contributed by atoms with van der Waals surface area (Å²) in [6.07, 6.45) is 9.90. The molecule has 1 aromatic rings. The van der Waals surface area contributed by atoms with E-state index in [1.807, 2.05) is 6.07 Å². The van der Waals surface area contributed by atoms with E-state index < -0.39 is 0 Å². The van der Waals surface area contributed by atoms with Crippen LogP contribution < -0.4 is 4.74 Å². The van der Waals surface area contributed by atoms with Crippen LogP contribution in [-0.4, -0.2) is 29.2 Å². The monoisotopic (exact) mass is 403 g/mol. The minimum absolute atomic E-state index is 0.142. The second kappa shape index (κ2) is 7.98. The quantitative estimate of drug-likeness (QED) is 0.526. The molecular weight excluding hydrogens is 377 g/mol. The lowest BCUT2D eigenvalue weighted by molar-refractivity contribution is -0.133. The van der Waals surface area contributed by atoms with Gasteiger partial charge in [0.1, 0.15) is 0 Å². The van der Waals surface area contributed by atoms with Crippen LogP contribution in [0.4, 0.5) is 0 Å². The average Bonchev–Trinajstić information content (AvgIpc) is 3.44. The molecular formula is C21H26NO3PS. The van der Waals surface area contributed by atoms with E-state index in [1.54, 1.807) is 18.3 Å². The van der Waals surface area contributed by atoms with E-state index >= 15 is 0 Å². The first-order valence-electron chi connectivity index (χ1n) is 9.83. The van der Waals surface area contributed by atoms with E-state index in [-0.39, 0.29) is 17.9 Å². The van der Waals surface area contributed by atoms with Crippen molar-refractivity contribution < 1.29 is 14.3 Å². The highest BCUT2D eigenvalue weighted by Crippen LogP contribution is 2.40. The largest absolute Gasteiger partial charge is 0.415 e. The number of Topliss-reactive ketones (excluding diaryl/α,β-unsaturated/α-hetero) is 1. The Morgan fingerprint density at radius 2 is 2.11 bits per heavy atom. The average molecular weight is 403 g/mol. The summed E-state index contributed by atoms with van der Waals surface area (Å²) in [6, 6.07) is 1.85. The molecule has 6 heteroatoms. The molecule has 2 heterocycles. The number of ketones is 1. The Balaban J connectivity index is 1.57. The number of rotatable bonds is 6. The molecule has 0 spiro atoms. The number of allylic oxidation sites excluding steroid dienone is 2. The summed E-state index contributed by atoms with van der Waals surface area (Å²) < 4.78 is 5.41. The maximum absolute atomic E-state index is 13.2. The molecule has 27 heavy (non-hydrogen) atoms. The number of esters is 1. The highest BCUT2D eigenvalue weighted by molar-refractivity contribution is 7.23. The number of ether oxygens (including phenoxy) is 1. The lowest BCUT2D eigenvalue weighted by atomic mass is 9.91. The number of hydrogen-bond acceptors (Lipinski definition) is 5. The van der Waals surface area contributed by atoms with Gasteiger partial charge in [-0.3, -0.25) is 14.5 Å². The molecule has 4 rings (SSSR count). The second-order valence-corrected chi connectivity index (χ2v) is 9.26. The fourth-order valence-electron chi connectivity index (χ4n) is 3.89.